The molecule has 116 valence electrons. The zero-order valence-corrected chi connectivity index (χ0v) is 14.1. The van der Waals surface area contributed by atoms with Gasteiger partial charge in [0.2, 0.25) is 5.65 Å². The fourth-order valence-corrected chi connectivity index (χ4v) is 2.80. The van der Waals surface area contributed by atoms with Crippen LogP contribution in [-0.2, 0) is 0 Å². The molecule has 0 radical (unpaired) electrons. The van der Waals surface area contributed by atoms with Gasteiger partial charge in [-0.25, -0.2) is 9.97 Å². The fourth-order valence-electron chi connectivity index (χ4n) is 1.70. The van der Waals surface area contributed by atoms with Gasteiger partial charge in [-0.1, -0.05) is 11.6 Å². The highest BCUT2D eigenvalue weighted by Crippen LogP contribution is 2.26. The number of benzene rings is 1. The summed E-state index contributed by atoms with van der Waals surface area (Å²) in [5, 5.41) is 1.10. The molecule has 1 unspecified atom stereocenters. The fraction of sp³-hybridized carbons (Fsp3) is 0.214. The summed E-state index contributed by atoms with van der Waals surface area (Å²) in [4.78, 5) is 21.6. The van der Waals surface area contributed by atoms with Gasteiger partial charge in [0, 0.05) is 27.8 Å². The molecule has 1 amide bonds. The van der Waals surface area contributed by atoms with Gasteiger partial charge in [0.15, 0.2) is 0 Å². The second-order valence-corrected chi connectivity index (χ2v) is 5.93. The smallest absolute Gasteiger partial charge is 0.250 e. The number of halogens is 1. The van der Waals surface area contributed by atoms with Gasteiger partial charge in [-0.2, -0.15) is 0 Å². The first-order valence-corrected chi connectivity index (χ1v) is 7.66. The molecule has 22 heavy (non-hydrogen) atoms. The van der Waals surface area contributed by atoms with Gasteiger partial charge in [0.05, 0.1) is 14.2 Å². The van der Waals surface area contributed by atoms with Crippen LogP contribution >= 0.6 is 20.2 Å². The minimum absolute atomic E-state index is 0.0967. The molecule has 0 bridgehead atoms. The molecule has 1 aromatic carbocycles. The van der Waals surface area contributed by atoms with Crippen LogP contribution in [0.1, 0.15) is 0 Å². The van der Waals surface area contributed by atoms with Crippen LogP contribution in [0.5, 0.6) is 11.5 Å². The van der Waals surface area contributed by atoms with Crippen LogP contribution in [0.25, 0.3) is 0 Å². The SMILES string of the molecule is COc1cc(OC)cc(PC(=O)N(C)c2cc(Cl)ncn2)c1. The predicted molar refractivity (Wildman–Crippen MR) is 88.3 cm³/mol. The molecule has 0 saturated carbocycles. The number of ether oxygens (including phenoxy) is 2. The van der Waals surface area contributed by atoms with E-state index in [0.29, 0.717) is 17.3 Å². The van der Waals surface area contributed by atoms with Crippen LogP contribution in [0.15, 0.2) is 30.6 Å². The third kappa shape index (κ3) is 4.06. The number of anilines is 1. The number of hydrogen-bond acceptors (Lipinski definition) is 5. The van der Waals surface area contributed by atoms with Crippen LogP contribution in [0.2, 0.25) is 5.15 Å². The Balaban J connectivity index is 2.17. The Hall–Kier alpha value is -1.91. The summed E-state index contributed by atoms with van der Waals surface area (Å²) in [6.07, 6.45) is 1.32. The Morgan fingerprint density at radius 3 is 2.32 bits per heavy atom. The van der Waals surface area contributed by atoms with E-state index >= 15 is 0 Å². The van der Waals surface area contributed by atoms with E-state index in [4.69, 9.17) is 21.1 Å². The van der Waals surface area contributed by atoms with Crippen molar-refractivity contribution in [2.45, 2.75) is 0 Å². The molecule has 8 heteroatoms. The summed E-state index contributed by atoms with van der Waals surface area (Å²) < 4.78 is 10.4. The lowest BCUT2D eigenvalue weighted by atomic mass is 10.3. The molecule has 0 N–H and O–H groups in total. The van der Waals surface area contributed by atoms with Gasteiger partial charge in [-0.3, -0.25) is 9.69 Å². The molecule has 1 atom stereocenters. The van der Waals surface area contributed by atoms with Crippen molar-refractivity contribution < 1.29 is 14.3 Å². The highest BCUT2D eigenvalue weighted by molar-refractivity contribution is 7.65. The number of carbonyl (C=O) groups excluding carboxylic acids is 1. The Morgan fingerprint density at radius 2 is 1.77 bits per heavy atom. The molecule has 0 fully saturated rings. The van der Waals surface area contributed by atoms with Crippen molar-refractivity contribution >= 4 is 37.0 Å². The van der Waals surface area contributed by atoms with Crippen molar-refractivity contribution in [3.8, 4) is 11.5 Å². The minimum Gasteiger partial charge on any atom is -0.497 e. The lowest BCUT2D eigenvalue weighted by Gasteiger charge is -2.16. The van der Waals surface area contributed by atoms with E-state index in [-0.39, 0.29) is 19.4 Å². The molecule has 1 heterocycles. The Labute approximate surface area is 135 Å². The second kappa shape index (κ2) is 7.38. The summed E-state index contributed by atoms with van der Waals surface area (Å²) in [7, 11) is 4.68. The van der Waals surface area contributed by atoms with E-state index in [1.54, 1.807) is 39.5 Å². The molecule has 0 aliphatic rings. The van der Waals surface area contributed by atoms with Crippen LogP contribution in [0, 0.1) is 0 Å². The van der Waals surface area contributed by atoms with Gasteiger partial charge in [0.25, 0.3) is 0 Å². The molecular formula is C14H15ClN3O3P. The largest absolute Gasteiger partial charge is 0.497 e. The normalized spacial score (nSPS) is 10.7. The summed E-state index contributed by atoms with van der Waals surface area (Å²) in [5.41, 5.74) is -0.106. The van der Waals surface area contributed by atoms with E-state index in [1.165, 1.54) is 17.3 Å². The summed E-state index contributed by atoms with van der Waals surface area (Å²) in [6, 6.07) is 6.90. The van der Waals surface area contributed by atoms with E-state index in [2.05, 4.69) is 9.97 Å². The van der Waals surface area contributed by atoms with Crippen molar-refractivity contribution in [3.05, 3.63) is 35.7 Å². The Kier molecular flexibility index (Phi) is 5.52. The van der Waals surface area contributed by atoms with Crippen LogP contribution in [0.3, 0.4) is 0 Å². The maximum atomic E-state index is 12.4. The van der Waals surface area contributed by atoms with E-state index in [1.807, 2.05) is 0 Å². The van der Waals surface area contributed by atoms with Crippen molar-refractivity contribution in [1.82, 2.24) is 9.97 Å². The molecule has 0 spiro atoms. The van der Waals surface area contributed by atoms with E-state index in [0.717, 1.165) is 5.30 Å². The molecule has 0 aliphatic heterocycles. The summed E-state index contributed by atoms with van der Waals surface area (Å²) in [6.45, 7) is 0. The molecule has 1 aromatic heterocycles. The van der Waals surface area contributed by atoms with Gasteiger partial charge < -0.3 is 9.47 Å². The van der Waals surface area contributed by atoms with Crippen molar-refractivity contribution in [3.63, 3.8) is 0 Å². The van der Waals surface area contributed by atoms with Crippen LogP contribution in [-0.4, -0.2) is 36.9 Å². The highest BCUT2D eigenvalue weighted by atomic mass is 35.5. The van der Waals surface area contributed by atoms with Crippen molar-refractivity contribution in [2.24, 2.45) is 0 Å². The number of hydrogen-bond donors (Lipinski definition) is 0. The number of aromatic nitrogens is 2. The molecule has 0 saturated heterocycles. The minimum atomic E-state index is -0.106. The second-order valence-electron chi connectivity index (χ2n) is 4.29. The molecular weight excluding hydrogens is 325 g/mol. The maximum absolute atomic E-state index is 12.4. The predicted octanol–water partition coefficient (Wildman–Crippen LogP) is 2.71. The van der Waals surface area contributed by atoms with Gasteiger partial charge in [0.1, 0.15) is 28.8 Å². The first-order valence-electron chi connectivity index (χ1n) is 6.29. The molecule has 0 aliphatic carbocycles. The summed E-state index contributed by atoms with van der Waals surface area (Å²) in [5.74, 6) is 1.73. The Morgan fingerprint density at radius 1 is 1.14 bits per heavy atom. The van der Waals surface area contributed by atoms with Crippen LogP contribution in [0.4, 0.5) is 10.6 Å². The van der Waals surface area contributed by atoms with E-state index in [9.17, 15) is 4.79 Å². The zero-order chi connectivity index (χ0) is 16.1. The molecule has 2 rings (SSSR count). The molecule has 6 nitrogen and oxygen atoms in total. The maximum Gasteiger partial charge on any atom is 0.250 e. The first-order chi connectivity index (χ1) is 10.5. The third-order valence-corrected chi connectivity index (χ3v) is 4.20. The number of methoxy groups -OCH3 is 2. The summed E-state index contributed by atoms with van der Waals surface area (Å²) >= 11 is 5.81. The highest BCUT2D eigenvalue weighted by Gasteiger charge is 2.14. The Bertz CT molecular complexity index is 662. The van der Waals surface area contributed by atoms with Crippen molar-refractivity contribution in [2.75, 3.05) is 26.2 Å². The topological polar surface area (TPSA) is 64.6 Å². The number of amides is 1. The third-order valence-electron chi connectivity index (χ3n) is 2.87. The monoisotopic (exact) mass is 339 g/mol. The quantitative estimate of drug-likeness (QED) is 0.619. The van der Waals surface area contributed by atoms with Gasteiger partial charge in [-0.05, 0) is 17.4 Å². The average molecular weight is 340 g/mol. The first kappa shape index (κ1) is 16.5. The van der Waals surface area contributed by atoms with Crippen molar-refractivity contribution in [1.29, 1.82) is 0 Å². The number of rotatable bonds is 5. The van der Waals surface area contributed by atoms with E-state index < -0.39 is 0 Å². The lowest BCUT2D eigenvalue weighted by Crippen LogP contribution is -2.23. The van der Waals surface area contributed by atoms with Gasteiger partial charge >= 0.3 is 0 Å². The van der Waals surface area contributed by atoms with Gasteiger partial charge in [-0.15, -0.1) is 0 Å². The number of carbonyl (C=O) groups is 1. The lowest BCUT2D eigenvalue weighted by molar-refractivity contribution is 0.265. The molecule has 2 aromatic rings. The van der Waals surface area contributed by atoms with Crippen LogP contribution < -0.4 is 19.7 Å². The average Bonchev–Trinajstić information content (AvgIpc) is 2.53. The zero-order valence-electron chi connectivity index (χ0n) is 12.3. The number of nitrogens with zero attached hydrogens (tertiary/aromatic N) is 3. The standard InChI is InChI=1S/C14H15ClN3O3P/c1-18(13-7-12(15)16-8-17-13)14(19)22-11-5-9(20-2)4-10(6-11)21-3/h4-8,22H,1-3H3.